The monoisotopic (exact) mass is 392 g/mol. The lowest BCUT2D eigenvalue weighted by Gasteiger charge is -2.08. The highest BCUT2D eigenvalue weighted by atomic mass is 16.5. The minimum Gasteiger partial charge on any atom is -0.497 e. The SMILES string of the molecule is COc1cccc(CCNC(=O)CCCn2nc(-c3ccncc3)ccc2=O)c1. The minimum absolute atomic E-state index is 0.0359. The fourth-order valence-electron chi connectivity index (χ4n) is 2.94. The van der Waals surface area contributed by atoms with Gasteiger partial charge in [0.15, 0.2) is 0 Å². The van der Waals surface area contributed by atoms with E-state index in [0.29, 0.717) is 31.6 Å². The van der Waals surface area contributed by atoms with Crippen LogP contribution in [-0.2, 0) is 17.8 Å². The van der Waals surface area contributed by atoms with E-state index in [1.165, 1.54) is 10.7 Å². The summed E-state index contributed by atoms with van der Waals surface area (Å²) < 4.78 is 6.60. The van der Waals surface area contributed by atoms with E-state index in [1.54, 1.807) is 25.6 Å². The van der Waals surface area contributed by atoms with Crippen LogP contribution >= 0.6 is 0 Å². The molecule has 2 heterocycles. The molecule has 0 aliphatic rings. The summed E-state index contributed by atoms with van der Waals surface area (Å²) in [7, 11) is 1.63. The third kappa shape index (κ3) is 6.00. The molecular formula is C22H24N4O3. The smallest absolute Gasteiger partial charge is 0.266 e. The van der Waals surface area contributed by atoms with Crippen molar-refractivity contribution in [3.05, 3.63) is 76.8 Å². The van der Waals surface area contributed by atoms with Gasteiger partial charge >= 0.3 is 0 Å². The van der Waals surface area contributed by atoms with E-state index in [0.717, 1.165) is 23.3 Å². The van der Waals surface area contributed by atoms with Crippen LogP contribution in [0.15, 0.2) is 65.7 Å². The van der Waals surface area contributed by atoms with E-state index in [-0.39, 0.29) is 11.5 Å². The molecule has 3 rings (SSSR count). The molecule has 0 fully saturated rings. The van der Waals surface area contributed by atoms with Gasteiger partial charge < -0.3 is 10.1 Å². The van der Waals surface area contributed by atoms with E-state index in [1.807, 2.05) is 36.4 Å². The second-order valence-electron chi connectivity index (χ2n) is 6.57. The Morgan fingerprint density at radius 2 is 1.97 bits per heavy atom. The van der Waals surface area contributed by atoms with Gasteiger partial charge in [-0.1, -0.05) is 12.1 Å². The number of carbonyl (C=O) groups is 1. The third-order valence-electron chi connectivity index (χ3n) is 4.49. The summed E-state index contributed by atoms with van der Waals surface area (Å²) in [5, 5.41) is 7.30. The number of hydrogen-bond donors (Lipinski definition) is 1. The van der Waals surface area contributed by atoms with Gasteiger partial charge in [-0.05, 0) is 48.7 Å². The second kappa shape index (κ2) is 10.2. The van der Waals surface area contributed by atoms with E-state index in [2.05, 4.69) is 15.4 Å². The number of amides is 1. The highest BCUT2D eigenvalue weighted by Gasteiger charge is 2.06. The molecule has 150 valence electrons. The van der Waals surface area contributed by atoms with Crippen molar-refractivity contribution in [3.63, 3.8) is 0 Å². The van der Waals surface area contributed by atoms with E-state index in [9.17, 15) is 9.59 Å². The van der Waals surface area contributed by atoms with Crippen molar-refractivity contribution in [2.24, 2.45) is 0 Å². The molecule has 0 aliphatic carbocycles. The molecule has 29 heavy (non-hydrogen) atoms. The Balaban J connectivity index is 1.46. The number of carbonyl (C=O) groups excluding carboxylic acids is 1. The first kappa shape index (κ1) is 20.3. The first-order valence-corrected chi connectivity index (χ1v) is 9.54. The zero-order chi connectivity index (χ0) is 20.5. The van der Waals surface area contributed by atoms with Gasteiger partial charge in [-0.25, -0.2) is 4.68 Å². The highest BCUT2D eigenvalue weighted by Crippen LogP contribution is 2.14. The number of ether oxygens (including phenoxy) is 1. The van der Waals surface area contributed by atoms with Gasteiger partial charge in [0, 0.05) is 43.5 Å². The zero-order valence-corrected chi connectivity index (χ0v) is 16.4. The number of rotatable bonds is 9. The Hall–Kier alpha value is -3.48. The fraction of sp³-hybridized carbons (Fsp3) is 0.273. The van der Waals surface area contributed by atoms with Crippen LogP contribution in [0.3, 0.4) is 0 Å². The fourth-order valence-corrected chi connectivity index (χ4v) is 2.94. The van der Waals surface area contributed by atoms with Gasteiger partial charge in [0.1, 0.15) is 5.75 Å². The van der Waals surface area contributed by atoms with Crippen molar-refractivity contribution in [1.82, 2.24) is 20.1 Å². The zero-order valence-electron chi connectivity index (χ0n) is 16.4. The number of nitrogens with zero attached hydrogens (tertiary/aromatic N) is 3. The number of benzene rings is 1. The first-order chi connectivity index (χ1) is 14.2. The first-order valence-electron chi connectivity index (χ1n) is 9.54. The van der Waals surface area contributed by atoms with Crippen LogP contribution in [0.2, 0.25) is 0 Å². The summed E-state index contributed by atoms with van der Waals surface area (Å²) in [5.74, 6) is 0.770. The van der Waals surface area contributed by atoms with Gasteiger partial charge in [0.2, 0.25) is 5.91 Å². The standard InChI is InChI=1S/C22H24N4O3/c1-29-19-5-2-4-17(16-19)9-14-24-21(27)6-3-15-26-22(28)8-7-20(25-26)18-10-12-23-13-11-18/h2,4-5,7-8,10-13,16H,3,6,9,14-15H2,1H3,(H,24,27). The van der Waals surface area contributed by atoms with Crippen LogP contribution < -0.4 is 15.6 Å². The van der Waals surface area contributed by atoms with Crippen molar-refractivity contribution in [2.45, 2.75) is 25.8 Å². The summed E-state index contributed by atoms with van der Waals surface area (Å²) >= 11 is 0. The maximum absolute atomic E-state index is 12.1. The topological polar surface area (TPSA) is 86.1 Å². The van der Waals surface area contributed by atoms with Gasteiger partial charge in [0.25, 0.3) is 5.56 Å². The largest absolute Gasteiger partial charge is 0.497 e. The number of aryl methyl sites for hydroxylation is 1. The molecule has 3 aromatic rings. The normalized spacial score (nSPS) is 10.5. The molecule has 0 saturated heterocycles. The lowest BCUT2D eigenvalue weighted by molar-refractivity contribution is -0.121. The summed E-state index contributed by atoms with van der Waals surface area (Å²) in [6.07, 6.45) is 4.98. The van der Waals surface area contributed by atoms with Crippen molar-refractivity contribution in [2.75, 3.05) is 13.7 Å². The maximum atomic E-state index is 12.1. The Morgan fingerprint density at radius 3 is 2.76 bits per heavy atom. The van der Waals surface area contributed by atoms with Gasteiger partial charge in [-0.2, -0.15) is 5.10 Å². The number of methoxy groups -OCH3 is 1. The number of pyridine rings is 1. The lowest BCUT2D eigenvalue weighted by Crippen LogP contribution is -2.27. The van der Waals surface area contributed by atoms with E-state index < -0.39 is 0 Å². The van der Waals surface area contributed by atoms with Gasteiger partial charge in [-0.15, -0.1) is 0 Å². The van der Waals surface area contributed by atoms with Crippen LogP contribution in [0.5, 0.6) is 5.75 Å². The van der Waals surface area contributed by atoms with E-state index >= 15 is 0 Å². The molecule has 0 aliphatic heterocycles. The number of hydrogen-bond acceptors (Lipinski definition) is 5. The number of nitrogens with one attached hydrogen (secondary N) is 1. The second-order valence-corrected chi connectivity index (χ2v) is 6.57. The Morgan fingerprint density at radius 1 is 1.14 bits per heavy atom. The van der Waals surface area contributed by atoms with Crippen molar-refractivity contribution >= 4 is 5.91 Å². The molecule has 7 heteroatoms. The van der Waals surface area contributed by atoms with Crippen LogP contribution in [-0.4, -0.2) is 34.3 Å². The molecule has 1 N–H and O–H groups in total. The predicted molar refractivity (Wildman–Crippen MR) is 111 cm³/mol. The molecule has 0 bridgehead atoms. The molecular weight excluding hydrogens is 368 g/mol. The summed E-state index contributed by atoms with van der Waals surface area (Å²) in [5.41, 5.74) is 2.52. The Kier molecular flexibility index (Phi) is 7.10. The predicted octanol–water partition coefficient (Wildman–Crippen LogP) is 2.45. The van der Waals surface area contributed by atoms with Crippen molar-refractivity contribution in [1.29, 1.82) is 0 Å². The third-order valence-corrected chi connectivity index (χ3v) is 4.49. The highest BCUT2D eigenvalue weighted by molar-refractivity contribution is 5.75. The average molecular weight is 392 g/mol. The molecule has 0 spiro atoms. The minimum atomic E-state index is -0.179. The number of aromatic nitrogens is 3. The van der Waals surface area contributed by atoms with Crippen LogP contribution in [0.4, 0.5) is 0 Å². The quantitative estimate of drug-likeness (QED) is 0.605. The molecule has 0 atom stereocenters. The van der Waals surface area contributed by atoms with Crippen LogP contribution in [0.25, 0.3) is 11.3 Å². The summed E-state index contributed by atoms with van der Waals surface area (Å²) in [6, 6.07) is 14.7. The Labute approximate surface area is 169 Å². The van der Waals surface area contributed by atoms with Gasteiger partial charge in [0.05, 0.1) is 12.8 Å². The van der Waals surface area contributed by atoms with Crippen molar-refractivity contribution < 1.29 is 9.53 Å². The average Bonchev–Trinajstić information content (AvgIpc) is 2.76. The van der Waals surface area contributed by atoms with Crippen molar-refractivity contribution in [3.8, 4) is 17.0 Å². The molecule has 0 radical (unpaired) electrons. The maximum Gasteiger partial charge on any atom is 0.266 e. The summed E-state index contributed by atoms with van der Waals surface area (Å²) in [6.45, 7) is 0.947. The molecule has 0 saturated carbocycles. The Bertz CT molecular complexity index is 1000. The van der Waals surface area contributed by atoms with Gasteiger partial charge in [-0.3, -0.25) is 14.6 Å². The molecule has 2 aromatic heterocycles. The molecule has 1 amide bonds. The molecule has 0 unspecified atom stereocenters. The lowest BCUT2D eigenvalue weighted by atomic mass is 10.1. The van der Waals surface area contributed by atoms with E-state index in [4.69, 9.17) is 4.74 Å². The van der Waals surface area contributed by atoms with Crippen LogP contribution in [0.1, 0.15) is 18.4 Å². The van der Waals surface area contributed by atoms with Crippen LogP contribution in [0, 0.1) is 0 Å². The summed E-state index contributed by atoms with van der Waals surface area (Å²) in [4.78, 5) is 28.1. The molecule has 7 nitrogen and oxygen atoms in total. The molecule has 1 aromatic carbocycles.